The number of carbonyl (C=O) groups is 2. The number of unbranched alkanes of at least 4 members (excludes halogenated alkanes) is 1. The number of carbonyl (C=O) groups excluding carboxylic acids is 2. The van der Waals surface area contributed by atoms with Gasteiger partial charge in [-0.3, -0.25) is 4.79 Å². The summed E-state index contributed by atoms with van der Waals surface area (Å²) in [5.41, 5.74) is 3.57. The zero-order chi connectivity index (χ0) is 27.6. The van der Waals surface area contributed by atoms with Crippen molar-refractivity contribution in [3.63, 3.8) is 0 Å². The van der Waals surface area contributed by atoms with E-state index in [-0.39, 0.29) is 24.3 Å². The van der Waals surface area contributed by atoms with Crippen molar-refractivity contribution >= 4 is 28.5 Å². The molecule has 7 nitrogen and oxygen atoms in total. The molecule has 0 atom stereocenters. The first-order valence-electron chi connectivity index (χ1n) is 13.2. The van der Waals surface area contributed by atoms with Gasteiger partial charge in [0.1, 0.15) is 18.1 Å². The molecule has 4 rings (SSSR count). The van der Waals surface area contributed by atoms with Crippen molar-refractivity contribution in [2.24, 2.45) is 0 Å². The summed E-state index contributed by atoms with van der Waals surface area (Å²) < 4.78 is 18.8. The van der Waals surface area contributed by atoms with Gasteiger partial charge in [0.05, 0.1) is 7.11 Å². The number of hydrogen-bond acceptors (Lipinski definition) is 3. The predicted octanol–water partition coefficient (Wildman–Crippen LogP) is 6.22. The first-order valence-corrected chi connectivity index (χ1v) is 13.2. The molecule has 0 saturated heterocycles. The summed E-state index contributed by atoms with van der Waals surface area (Å²) in [6.07, 6.45) is 4.27. The zero-order valence-corrected chi connectivity index (χ0v) is 22.5. The Morgan fingerprint density at radius 3 is 2.54 bits per heavy atom. The van der Waals surface area contributed by atoms with Gasteiger partial charge in [-0.1, -0.05) is 49.7 Å². The number of nitrogens with one attached hydrogen (secondary N) is 2. The van der Waals surface area contributed by atoms with Crippen LogP contribution in [0, 0.1) is 5.82 Å². The van der Waals surface area contributed by atoms with Crippen molar-refractivity contribution in [1.29, 1.82) is 0 Å². The Morgan fingerprint density at radius 2 is 1.77 bits per heavy atom. The minimum absolute atomic E-state index is 0.0646. The van der Waals surface area contributed by atoms with Gasteiger partial charge in [-0.25, -0.2) is 9.18 Å². The number of halogens is 1. The van der Waals surface area contributed by atoms with Crippen molar-refractivity contribution in [1.82, 2.24) is 14.8 Å². The van der Waals surface area contributed by atoms with Crippen LogP contribution >= 0.6 is 0 Å². The number of hydrogen-bond donors (Lipinski definition) is 2. The standard InChI is InChI=1S/C31H35FN4O3/c1-3-4-17-36(31(38)34-26-8-7-9-27(19-26)39-2)22-30(37)35(21-23-12-14-25(32)15-13-23)18-16-24-20-33-29-11-6-5-10-28(24)29/h5-15,19-20,33H,3-4,16-18,21-22H2,1-2H3,(H,34,38). The van der Waals surface area contributed by atoms with Crippen LogP contribution in [0.15, 0.2) is 79.0 Å². The molecular weight excluding hydrogens is 495 g/mol. The molecule has 0 aliphatic rings. The molecule has 0 bridgehead atoms. The molecule has 0 aliphatic carbocycles. The third-order valence-electron chi connectivity index (χ3n) is 6.68. The molecule has 4 aromatic rings. The summed E-state index contributed by atoms with van der Waals surface area (Å²) >= 11 is 0. The van der Waals surface area contributed by atoms with Crippen LogP contribution in [0.3, 0.4) is 0 Å². The molecule has 0 radical (unpaired) electrons. The molecule has 2 N–H and O–H groups in total. The first kappa shape index (κ1) is 27.7. The Bertz CT molecular complexity index is 1390. The van der Waals surface area contributed by atoms with E-state index in [1.54, 1.807) is 53.3 Å². The second-order valence-corrected chi connectivity index (χ2v) is 9.49. The average Bonchev–Trinajstić information content (AvgIpc) is 3.37. The molecule has 0 unspecified atom stereocenters. The smallest absolute Gasteiger partial charge is 0.322 e. The number of amides is 3. The van der Waals surface area contributed by atoms with Crippen molar-refractivity contribution < 1.29 is 18.7 Å². The van der Waals surface area contributed by atoms with Crippen LogP contribution in [0.4, 0.5) is 14.9 Å². The van der Waals surface area contributed by atoms with Gasteiger partial charge in [0, 0.05) is 48.5 Å². The highest BCUT2D eigenvalue weighted by Gasteiger charge is 2.22. The van der Waals surface area contributed by atoms with Crippen molar-refractivity contribution in [3.05, 3.63) is 95.9 Å². The van der Waals surface area contributed by atoms with Crippen LogP contribution in [0.2, 0.25) is 0 Å². The SMILES string of the molecule is CCCCN(CC(=O)N(CCc1c[nH]c2ccccc12)Cc1ccc(F)cc1)C(=O)Nc1cccc(OC)c1. The van der Waals surface area contributed by atoms with E-state index in [4.69, 9.17) is 4.74 Å². The normalized spacial score (nSPS) is 10.8. The van der Waals surface area contributed by atoms with E-state index in [2.05, 4.69) is 16.4 Å². The predicted molar refractivity (Wildman–Crippen MR) is 152 cm³/mol. The zero-order valence-electron chi connectivity index (χ0n) is 22.5. The molecule has 39 heavy (non-hydrogen) atoms. The van der Waals surface area contributed by atoms with E-state index < -0.39 is 0 Å². The molecule has 1 heterocycles. The number of fused-ring (bicyclic) bond motifs is 1. The summed E-state index contributed by atoms with van der Waals surface area (Å²) in [4.78, 5) is 33.5. The molecule has 3 aromatic carbocycles. The van der Waals surface area contributed by atoms with Crippen LogP contribution in [-0.2, 0) is 17.8 Å². The van der Waals surface area contributed by atoms with E-state index in [0.717, 1.165) is 34.9 Å². The fourth-order valence-electron chi connectivity index (χ4n) is 4.46. The van der Waals surface area contributed by atoms with Gasteiger partial charge in [-0.05, 0) is 54.3 Å². The number of para-hydroxylation sites is 1. The van der Waals surface area contributed by atoms with E-state index in [1.165, 1.54) is 12.1 Å². The number of anilines is 1. The number of aromatic nitrogens is 1. The fourth-order valence-corrected chi connectivity index (χ4v) is 4.46. The molecule has 0 saturated carbocycles. The quantitative estimate of drug-likeness (QED) is 0.228. The monoisotopic (exact) mass is 530 g/mol. The number of ether oxygens (including phenoxy) is 1. The lowest BCUT2D eigenvalue weighted by molar-refractivity contribution is -0.132. The van der Waals surface area contributed by atoms with Crippen molar-refractivity contribution in [2.75, 3.05) is 32.1 Å². The number of nitrogens with zero attached hydrogens (tertiary/aromatic N) is 2. The second kappa shape index (κ2) is 13.5. The molecule has 204 valence electrons. The van der Waals surface area contributed by atoms with Gasteiger partial charge in [-0.15, -0.1) is 0 Å². The summed E-state index contributed by atoms with van der Waals surface area (Å²) in [7, 11) is 1.57. The second-order valence-electron chi connectivity index (χ2n) is 9.49. The van der Waals surface area contributed by atoms with Gasteiger partial charge < -0.3 is 24.8 Å². The maximum atomic E-state index is 13.7. The number of aromatic amines is 1. The molecule has 0 fully saturated rings. The maximum absolute atomic E-state index is 13.7. The lowest BCUT2D eigenvalue weighted by atomic mass is 10.1. The number of benzene rings is 3. The lowest BCUT2D eigenvalue weighted by Gasteiger charge is -2.28. The van der Waals surface area contributed by atoms with Crippen LogP contribution in [0.25, 0.3) is 10.9 Å². The molecule has 1 aromatic heterocycles. The van der Waals surface area contributed by atoms with E-state index in [0.29, 0.717) is 37.5 Å². The Hall–Kier alpha value is -4.33. The number of urea groups is 1. The van der Waals surface area contributed by atoms with Gasteiger partial charge in [0.15, 0.2) is 0 Å². The Morgan fingerprint density at radius 1 is 0.974 bits per heavy atom. The largest absolute Gasteiger partial charge is 0.497 e. The average molecular weight is 531 g/mol. The van der Waals surface area contributed by atoms with Gasteiger partial charge in [-0.2, -0.15) is 0 Å². The third kappa shape index (κ3) is 7.60. The summed E-state index contributed by atoms with van der Waals surface area (Å²) in [5, 5.41) is 4.01. The molecular formula is C31H35FN4O3. The first-order chi connectivity index (χ1) is 19.0. The van der Waals surface area contributed by atoms with Crippen molar-refractivity contribution in [3.8, 4) is 5.75 Å². The molecule has 0 spiro atoms. The van der Waals surface area contributed by atoms with Gasteiger partial charge >= 0.3 is 6.03 Å². The Labute approximate surface area is 228 Å². The molecule has 0 aliphatic heterocycles. The van der Waals surface area contributed by atoms with Crippen LogP contribution in [-0.4, -0.2) is 53.5 Å². The summed E-state index contributed by atoms with van der Waals surface area (Å²) in [6, 6.07) is 21.0. The van der Waals surface area contributed by atoms with E-state index in [9.17, 15) is 14.0 Å². The van der Waals surface area contributed by atoms with Crippen LogP contribution in [0.5, 0.6) is 5.75 Å². The Balaban J connectivity index is 1.50. The molecule has 3 amide bonds. The topological polar surface area (TPSA) is 77.7 Å². The summed E-state index contributed by atoms with van der Waals surface area (Å²) in [5.74, 6) is 0.137. The highest BCUT2D eigenvalue weighted by atomic mass is 19.1. The Kier molecular flexibility index (Phi) is 9.56. The van der Waals surface area contributed by atoms with Crippen LogP contribution < -0.4 is 10.1 Å². The summed E-state index contributed by atoms with van der Waals surface area (Å²) in [6.45, 7) is 3.20. The highest BCUT2D eigenvalue weighted by Crippen LogP contribution is 2.20. The number of rotatable bonds is 12. The number of H-pyrrole nitrogens is 1. The maximum Gasteiger partial charge on any atom is 0.322 e. The number of methoxy groups -OCH3 is 1. The molecule has 8 heteroatoms. The minimum atomic E-state index is -0.344. The van der Waals surface area contributed by atoms with E-state index in [1.807, 2.05) is 31.3 Å². The van der Waals surface area contributed by atoms with Crippen LogP contribution in [0.1, 0.15) is 30.9 Å². The van der Waals surface area contributed by atoms with Gasteiger partial charge in [0.2, 0.25) is 5.91 Å². The highest BCUT2D eigenvalue weighted by molar-refractivity contribution is 5.92. The van der Waals surface area contributed by atoms with Crippen molar-refractivity contribution in [2.45, 2.75) is 32.7 Å². The van der Waals surface area contributed by atoms with E-state index >= 15 is 0 Å². The third-order valence-corrected chi connectivity index (χ3v) is 6.68. The lowest BCUT2D eigenvalue weighted by Crippen LogP contribution is -2.45. The fraction of sp³-hybridized carbons (Fsp3) is 0.290. The van der Waals surface area contributed by atoms with Gasteiger partial charge in [0.25, 0.3) is 0 Å². The minimum Gasteiger partial charge on any atom is -0.497 e.